The Kier molecular flexibility index (Phi) is 3.71. The second kappa shape index (κ2) is 4.40. The van der Waals surface area contributed by atoms with E-state index >= 15 is 0 Å². The summed E-state index contributed by atoms with van der Waals surface area (Å²) >= 11 is 0. The van der Waals surface area contributed by atoms with Gasteiger partial charge in [0, 0.05) is 6.04 Å². The summed E-state index contributed by atoms with van der Waals surface area (Å²) in [6, 6.07) is 0.222. The highest BCUT2D eigenvalue weighted by Crippen LogP contribution is 2.24. The summed E-state index contributed by atoms with van der Waals surface area (Å²) in [6.45, 7) is 5.70. The fraction of sp³-hybridized carbons (Fsp3) is 1.00. The summed E-state index contributed by atoms with van der Waals surface area (Å²) in [5, 5.41) is 13.5. The Hall–Kier alpha value is -0.120. The molecule has 0 amide bonds. The molecule has 1 saturated heterocycles. The zero-order valence-electron chi connectivity index (χ0n) is 8.71. The molecule has 1 rings (SSSR count). The molecule has 4 N–H and O–H groups in total. The Bertz CT molecular complexity index is 159. The van der Waals surface area contributed by atoms with Gasteiger partial charge in [0.05, 0.1) is 5.60 Å². The van der Waals surface area contributed by atoms with Crippen molar-refractivity contribution in [3.8, 4) is 0 Å². The summed E-state index contributed by atoms with van der Waals surface area (Å²) in [7, 11) is 0. The van der Waals surface area contributed by atoms with Gasteiger partial charge in [0.25, 0.3) is 0 Å². The lowest BCUT2D eigenvalue weighted by molar-refractivity contribution is -0.00212. The number of nitrogens with two attached hydrogens (primary N) is 1. The van der Waals surface area contributed by atoms with E-state index in [2.05, 4.69) is 12.2 Å². The molecule has 0 spiro atoms. The minimum Gasteiger partial charge on any atom is -0.389 e. The Labute approximate surface area is 80.7 Å². The van der Waals surface area contributed by atoms with Crippen molar-refractivity contribution < 1.29 is 5.11 Å². The van der Waals surface area contributed by atoms with Gasteiger partial charge in [-0.15, -0.1) is 0 Å². The fourth-order valence-corrected chi connectivity index (χ4v) is 2.05. The second-order valence-corrected chi connectivity index (χ2v) is 4.53. The molecule has 0 aromatic heterocycles. The molecule has 0 aromatic carbocycles. The van der Waals surface area contributed by atoms with Crippen molar-refractivity contribution in [1.82, 2.24) is 5.32 Å². The van der Waals surface area contributed by atoms with Gasteiger partial charge in [0.2, 0.25) is 0 Å². The van der Waals surface area contributed by atoms with E-state index in [1.807, 2.05) is 6.92 Å². The molecule has 0 aliphatic carbocycles. The smallest absolute Gasteiger partial charge is 0.0784 e. The van der Waals surface area contributed by atoms with Crippen LogP contribution in [0.3, 0.4) is 0 Å². The molecule has 0 aromatic rings. The third-order valence-electron chi connectivity index (χ3n) is 3.07. The molecule has 0 saturated carbocycles. The maximum atomic E-state index is 10.1. The van der Waals surface area contributed by atoms with Gasteiger partial charge in [-0.05, 0) is 45.2 Å². The second-order valence-electron chi connectivity index (χ2n) is 4.53. The third kappa shape index (κ3) is 2.93. The molecule has 78 valence electrons. The monoisotopic (exact) mass is 186 g/mol. The summed E-state index contributed by atoms with van der Waals surface area (Å²) in [6.07, 6.45) is 2.96. The highest BCUT2D eigenvalue weighted by atomic mass is 16.3. The van der Waals surface area contributed by atoms with Gasteiger partial charge in [0.15, 0.2) is 0 Å². The highest BCUT2D eigenvalue weighted by molar-refractivity contribution is 4.91. The van der Waals surface area contributed by atoms with E-state index in [0.717, 1.165) is 18.9 Å². The van der Waals surface area contributed by atoms with Crippen molar-refractivity contribution in [3.05, 3.63) is 0 Å². The minimum absolute atomic E-state index is 0.222. The van der Waals surface area contributed by atoms with E-state index in [0.29, 0.717) is 13.0 Å². The molecule has 3 atom stereocenters. The molecule has 1 aliphatic heterocycles. The van der Waals surface area contributed by atoms with Crippen LogP contribution < -0.4 is 11.1 Å². The minimum atomic E-state index is -0.635. The van der Waals surface area contributed by atoms with Gasteiger partial charge in [0.1, 0.15) is 0 Å². The summed E-state index contributed by atoms with van der Waals surface area (Å²) in [5.41, 5.74) is 4.83. The SMILES string of the molecule is CC1CCNC(C(C)(O)CCN)C1. The first kappa shape index (κ1) is 11.0. The zero-order valence-corrected chi connectivity index (χ0v) is 8.71. The van der Waals surface area contributed by atoms with E-state index in [1.54, 1.807) is 0 Å². The predicted octanol–water partition coefficient (Wildman–Crippen LogP) is 0.474. The van der Waals surface area contributed by atoms with Gasteiger partial charge in [-0.3, -0.25) is 0 Å². The molecule has 0 radical (unpaired) electrons. The number of rotatable bonds is 3. The molecule has 3 heteroatoms. The maximum absolute atomic E-state index is 10.1. The molecular formula is C10H22N2O. The van der Waals surface area contributed by atoms with E-state index in [9.17, 15) is 5.11 Å². The van der Waals surface area contributed by atoms with E-state index in [1.165, 1.54) is 6.42 Å². The average Bonchev–Trinajstić information content (AvgIpc) is 2.04. The Morgan fingerprint density at radius 2 is 2.31 bits per heavy atom. The molecule has 1 aliphatic rings. The standard InChI is InChI=1S/C10H22N2O/c1-8-3-6-12-9(7-8)10(2,13)4-5-11/h8-9,12-13H,3-7,11H2,1-2H3. The number of piperidine rings is 1. The largest absolute Gasteiger partial charge is 0.389 e. The number of aliphatic hydroxyl groups is 1. The normalized spacial score (nSPS) is 34.2. The number of hydrogen-bond donors (Lipinski definition) is 3. The topological polar surface area (TPSA) is 58.3 Å². The van der Waals surface area contributed by atoms with Crippen LogP contribution in [0.4, 0.5) is 0 Å². The first-order valence-corrected chi connectivity index (χ1v) is 5.22. The van der Waals surface area contributed by atoms with E-state index in [4.69, 9.17) is 5.73 Å². The van der Waals surface area contributed by atoms with Gasteiger partial charge in [-0.25, -0.2) is 0 Å². The number of nitrogens with one attached hydrogen (secondary N) is 1. The van der Waals surface area contributed by atoms with Crippen molar-refractivity contribution >= 4 is 0 Å². The predicted molar refractivity (Wildman–Crippen MR) is 54.5 cm³/mol. The van der Waals surface area contributed by atoms with Crippen LogP contribution in [0.1, 0.15) is 33.1 Å². The van der Waals surface area contributed by atoms with Gasteiger partial charge >= 0.3 is 0 Å². The summed E-state index contributed by atoms with van der Waals surface area (Å²) in [4.78, 5) is 0. The Morgan fingerprint density at radius 1 is 1.62 bits per heavy atom. The first-order valence-electron chi connectivity index (χ1n) is 5.22. The maximum Gasteiger partial charge on any atom is 0.0784 e. The number of hydrogen-bond acceptors (Lipinski definition) is 3. The lowest BCUT2D eigenvalue weighted by Gasteiger charge is -2.38. The fourth-order valence-electron chi connectivity index (χ4n) is 2.05. The van der Waals surface area contributed by atoms with E-state index < -0.39 is 5.60 Å². The molecule has 1 fully saturated rings. The molecular weight excluding hydrogens is 164 g/mol. The van der Waals surface area contributed by atoms with Crippen molar-refractivity contribution in [2.75, 3.05) is 13.1 Å². The molecule has 3 nitrogen and oxygen atoms in total. The zero-order chi connectivity index (χ0) is 9.90. The van der Waals surface area contributed by atoms with Crippen LogP contribution in [0.25, 0.3) is 0 Å². The van der Waals surface area contributed by atoms with Crippen LogP contribution in [-0.4, -0.2) is 29.8 Å². The average molecular weight is 186 g/mol. The van der Waals surface area contributed by atoms with Gasteiger partial charge < -0.3 is 16.2 Å². The molecule has 0 bridgehead atoms. The van der Waals surface area contributed by atoms with Crippen molar-refractivity contribution in [3.63, 3.8) is 0 Å². The lowest BCUT2D eigenvalue weighted by atomic mass is 9.83. The van der Waals surface area contributed by atoms with Crippen LogP contribution in [0, 0.1) is 5.92 Å². The van der Waals surface area contributed by atoms with Crippen LogP contribution in [-0.2, 0) is 0 Å². The van der Waals surface area contributed by atoms with Crippen molar-refractivity contribution in [2.24, 2.45) is 11.7 Å². The third-order valence-corrected chi connectivity index (χ3v) is 3.07. The first-order chi connectivity index (χ1) is 6.06. The van der Waals surface area contributed by atoms with Crippen LogP contribution in [0.15, 0.2) is 0 Å². The van der Waals surface area contributed by atoms with Crippen LogP contribution in [0.2, 0.25) is 0 Å². The summed E-state index contributed by atoms with van der Waals surface area (Å²) in [5.74, 6) is 0.718. The van der Waals surface area contributed by atoms with Crippen LogP contribution >= 0.6 is 0 Å². The van der Waals surface area contributed by atoms with Crippen molar-refractivity contribution in [2.45, 2.75) is 44.8 Å². The highest BCUT2D eigenvalue weighted by Gasteiger charge is 2.33. The lowest BCUT2D eigenvalue weighted by Crippen LogP contribution is -2.53. The van der Waals surface area contributed by atoms with Gasteiger partial charge in [-0.1, -0.05) is 6.92 Å². The Morgan fingerprint density at radius 3 is 2.85 bits per heavy atom. The summed E-state index contributed by atoms with van der Waals surface area (Å²) < 4.78 is 0. The van der Waals surface area contributed by atoms with Gasteiger partial charge in [-0.2, -0.15) is 0 Å². The molecule has 1 heterocycles. The van der Waals surface area contributed by atoms with Crippen molar-refractivity contribution in [1.29, 1.82) is 0 Å². The van der Waals surface area contributed by atoms with Crippen LogP contribution in [0.5, 0.6) is 0 Å². The Balaban J connectivity index is 2.48. The van der Waals surface area contributed by atoms with E-state index in [-0.39, 0.29) is 6.04 Å². The quantitative estimate of drug-likeness (QED) is 0.600. The molecule has 3 unspecified atom stereocenters. The molecule has 13 heavy (non-hydrogen) atoms.